The molecule has 2 fully saturated rings. The van der Waals surface area contributed by atoms with Gasteiger partial charge in [-0.3, -0.25) is 18.7 Å². The number of imide groups is 1. The van der Waals surface area contributed by atoms with E-state index >= 15 is 0 Å². The second-order valence-electron chi connectivity index (χ2n) is 9.53. The third-order valence-electron chi connectivity index (χ3n) is 7.74. The highest BCUT2D eigenvalue weighted by Gasteiger charge is 2.66. The number of rotatable bonds is 5. The molecule has 0 radical (unpaired) electrons. The van der Waals surface area contributed by atoms with E-state index in [-0.39, 0.29) is 30.2 Å². The van der Waals surface area contributed by atoms with Crippen molar-refractivity contribution in [2.24, 2.45) is 11.8 Å². The molecule has 4 atom stereocenters. The molecular weight excluding hydrogens is 516 g/mol. The first kappa shape index (κ1) is 25.7. The normalized spacial score (nSPS) is 26.4. The van der Waals surface area contributed by atoms with Crippen LogP contribution in [0.1, 0.15) is 18.9 Å². The molecule has 3 aliphatic rings. The minimum Gasteiger partial charge on any atom is -0.497 e. The minimum absolute atomic E-state index is 0.0326. The summed E-state index contributed by atoms with van der Waals surface area (Å²) in [6.07, 6.45) is -1.25. The Hall–Kier alpha value is -3.93. The van der Waals surface area contributed by atoms with Crippen LogP contribution < -0.4 is 9.04 Å². The average molecular weight is 543 g/mol. The van der Waals surface area contributed by atoms with Crippen LogP contribution in [0.15, 0.2) is 53.4 Å². The van der Waals surface area contributed by atoms with Crippen molar-refractivity contribution in [1.82, 2.24) is 4.90 Å². The van der Waals surface area contributed by atoms with Crippen LogP contribution in [0.5, 0.6) is 5.75 Å². The number of para-hydroxylation sites is 1. The highest BCUT2D eigenvalue weighted by molar-refractivity contribution is 7.93. The molecule has 2 aromatic rings. The summed E-state index contributed by atoms with van der Waals surface area (Å²) in [5.41, 5.74) is -0.848. The van der Waals surface area contributed by atoms with Crippen LogP contribution >= 0.6 is 0 Å². The van der Waals surface area contributed by atoms with Crippen LogP contribution in [0, 0.1) is 11.8 Å². The van der Waals surface area contributed by atoms with Gasteiger partial charge in [-0.1, -0.05) is 18.2 Å². The molecule has 38 heavy (non-hydrogen) atoms. The number of fused-ring (bicyclic) bond motifs is 3. The van der Waals surface area contributed by atoms with Crippen LogP contribution in [0.4, 0.5) is 10.5 Å². The van der Waals surface area contributed by atoms with Gasteiger partial charge in [0.25, 0.3) is 10.0 Å². The maximum atomic E-state index is 14.2. The van der Waals surface area contributed by atoms with Gasteiger partial charge in [-0.15, -0.1) is 0 Å². The van der Waals surface area contributed by atoms with E-state index in [1.165, 1.54) is 31.4 Å². The number of hydrogen-bond acceptors (Lipinski definition) is 9. The Kier molecular flexibility index (Phi) is 6.17. The van der Waals surface area contributed by atoms with Gasteiger partial charge in [-0.05, 0) is 42.8 Å². The number of ketones is 1. The maximum Gasteiger partial charge on any atom is 0.416 e. The Labute approximate surface area is 219 Å². The average Bonchev–Trinajstić information content (AvgIpc) is 3.47. The first-order valence-electron chi connectivity index (χ1n) is 11.9. The van der Waals surface area contributed by atoms with Crippen molar-refractivity contribution in [2.45, 2.75) is 29.7 Å². The molecule has 0 spiro atoms. The zero-order valence-electron chi connectivity index (χ0n) is 20.9. The van der Waals surface area contributed by atoms with Crippen molar-refractivity contribution in [3.05, 3.63) is 54.1 Å². The fourth-order valence-corrected chi connectivity index (χ4v) is 7.60. The van der Waals surface area contributed by atoms with Crippen LogP contribution in [0.2, 0.25) is 0 Å². The van der Waals surface area contributed by atoms with Gasteiger partial charge in [0.2, 0.25) is 5.91 Å². The van der Waals surface area contributed by atoms with E-state index in [1.807, 2.05) is 0 Å². The Bertz CT molecular complexity index is 1440. The van der Waals surface area contributed by atoms with Crippen LogP contribution in [-0.4, -0.2) is 70.5 Å². The van der Waals surface area contributed by atoms with Gasteiger partial charge in [-0.25, -0.2) is 18.1 Å². The largest absolute Gasteiger partial charge is 0.497 e. The van der Waals surface area contributed by atoms with Gasteiger partial charge in [0.1, 0.15) is 18.1 Å². The number of carbonyl (C=O) groups excluding carboxylic acids is 4. The first-order valence-corrected chi connectivity index (χ1v) is 13.4. The topological polar surface area (TPSA) is 137 Å². The molecule has 2 aromatic carbocycles. The molecule has 0 aromatic heterocycles. The monoisotopic (exact) mass is 542 g/mol. The lowest BCUT2D eigenvalue weighted by atomic mass is 9.60. The van der Waals surface area contributed by atoms with E-state index in [1.54, 1.807) is 31.2 Å². The van der Waals surface area contributed by atoms with Crippen molar-refractivity contribution in [3.63, 3.8) is 0 Å². The van der Waals surface area contributed by atoms with Gasteiger partial charge < -0.3 is 14.2 Å². The molecule has 0 unspecified atom stereocenters. The summed E-state index contributed by atoms with van der Waals surface area (Å²) in [7, 11) is -1.81. The number of nitrogens with zero attached hydrogens (tertiary/aromatic N) is 2. The van der Waals surface area contributed by atoms with E-state index in [0.29, 0.717) is 11.3 Å². The number of carbonyl (C=O) groups is 4. The zero-order valence-corrected chi connectivity index (χ0v) is 21.8. The fraction of sp³-hybridized carbons (Fsp3) is 0.385. The van der Waals surface area contributed by atoms with Crippen LogP contribution in [-0.2, 0) is 39.3 Å². The Morgan fingerprint density at radius 1 is 1.05 bits per heavy atom. The number of esters is 1. The maximum absolute atomic E-state index is 14.2. The van der Waals surface area contributed by atoms with Crippen molar-refractivity contribution < 1.29 is 41.8 Å². The van der Waals surface area contributed by atoms with Gasteiger partial charge >= 0.3 is 12.1 Å². The third-order valence-corrected chi connectivity index (χ3v) is 9.55. The number of Topliss-reactive ketones (excluding diaryl/α,β-unsaturated/α-hetero) is 1. The molecule has 5 rings (SSSR count). The summed E-state index contributed by atoms with van der Waals surface area (Å²) in [5, 5.41) is 0. The summed E-state index contributed by atoms with van der Waals surface area (Å²) in [4.78, 5) is 53.8. The second kappa shape index (κ2) is 9.12. The van der Waals surface area contributed by atoms with Gasteiger partial charge in [0.05, 0.1) is 54.6 Å². The number of benzene rings is 2. The Balaban J connectivity index is 1.75. The highest BCUT2D eigenvalue weighted by atomic mass is 32.2. The smallest absolute Gasteiger partial charge is 0.416 e. The first-order chi connectivity index (χ1) is 18.1. The molecule has 11 nitrogen and oxygen atoms in total. The van der Waals surface area contributed by atoms with Gasteiger partial charge in [-0.2, -0.15) is 0 Å². The molecule has 2 aliphatic heterocycles. The van der Waals surface area contributed by atoms with Crippen LogP contribution in [0.25, 0.3) is 0 Å². The lowest BCUT2D eigenvalue weighted by Gasteiger charge is -2.46. The number of anilines is 1. The second-order valence-corrected chi connectivity index (χ2v) is 11.3. The van der Waals surface area contributed by atoms with Crippen molar-refractivity contribution in [1.29, 1.82) is 0 Å². The van der Waals surface area contributed by atoms with Crippen LogP contribution in [0.3, 0.4) is 0 Å². The van der Waals surface area contributed by atoms with Crippen molar-refractivity contribution >= 4 is 39.5 Å². The molecule has 1 saturated heterocycles. The number of amides is 2. The molecule has 0 N–H and O–H groups in total. The Morgan fingerprint density at radius 2 is 1.74 bits per heavy atom. The van der Waals surface area contributed by atoms with Crippen molar-refractivity contribution in [3.8, 4) is 5.75 Å². The molecule has 0 bridgehead atoms. The molecule has 2 amide bonds. The predicted molar refractivity (Wildman–Crippen MR) is 132 cm³/mol. The van der Waals surface area contributed by atoms with E-state index in [4.69, 9.17) is 14.2 Å². The lowest BCUT2D eigenvalue weighted by Crippen LogP contribution is -2.64. The SMILES string of the molecule is COC(=O)[C@H]1CC(=O)[C@@]2(C)c3ccccc3N(S(=O)(=O)c3ccc(OC)cc3)[C@H]2[C@@H]1C(=O)N1CCOC1=O. The van der Waals surface area contributed by atoms with Gasteiger partial charge in [0, 0.05) is 6.42 Å². The third kappa shape index (κ3) is 3.57. The van der Waals surface area contributed by atoms with Crippen molar-refractivity contribution in [2.75, 3.05) is 31.7 Å². The van der Waals surface area contributed by atoms with E-state index in [9.17, 15) is 27.6 Å². The summed E-state index contributed by atoms with van der Waals surface area (Å²) in [5.74, 6) is -4.33. The lowest BCUT2D eigenvalue weighted by molar-refractivity contribution is -0.158. The molecule has 1 aliphatic carbocycles. The number of hydrogen-bond donors (Lipinski definition) is 0. The molecule has 1 saturated carbocycles. The molecule has 2 heterocycles. The van der Waals surface area contributed by atoms with E-state index in [0.717, 1.165) is 16.3 Å². The fourth-order valence-electron chi connectivity index (χ4n) is 5.83. The minimum atomic E-state index is -4.38. The zero-order chi connectivity index (χ0) is 27.4. The molecular formula is C26H26N2O9S. The Morgan fingerprint density at radius 3 is 2.34 bits per heavy atom. The number of ether oxygens (including phenoxy) is 3. The summed E-state index contributed by atoms with van der Waals surface area (Å²) < 4.78 is 44.6. The molecule has 12 heteroatoms. The predicted octanol–water partition coefficient (Wildman–Crippen LogP) is 1.89. The van der Waals surface area contributed by atoms with E-state index in [2.05, 4.69) is 0 Å². The molecule has 200 valence electrons. The number of sulfonamides is 1. The summed E-state index contributed by atoms with van der Waals surface area (Å²) in [6.45, 7) is 1.49. The van der Waals surface area contributed by atoms with Gasteiger partial charge in [0.15, 0.2) is 0 Å². The number of cyclic esters (lactones) is 1. The summed E-state index contributed by atoms with van der Waals surface area (Å²) in [6, 6.07) is 10.9. The van der Waals surface area contributed by atoms with E-state index < -0.39 is 57.1 Å². The summed E-state index contributed by atoms with van der Waals surface area (Å²) >= 11 is 0. The quantitative estimate of drug-likeness (QED) is 0.519. The standard InChI is InChI=1S/C26H26N2O9S/c1-26-18-6-4-5-7-19(18)28(38(33,34)16-10-8-15(35-2)9-11-16)22(26)21(17(14-20(26)29)24(31)36-3)23(30)27-12-13-37-25(27)32/h4-11,17,21-22H,12-14H2,1-3H3/t17-,21+,22-,26+/m0/s1. The number of methoxy groups -OCH3 is 2. The highest BCUT2D eigenvalue weighted by Crippen LogP contribution is 2.56.